The Balaban J connectivity index is -0.0000000457. The van der Waals surface area contributed by atoms with Gasteiger partial charge in [0.1, 0.15) is 0 Å². The molecule has 0 N–H and O–H groups in total. The van der Waals surface area contributed by atoms with Crippen LogP contribution in [0.25, 0.3) is 0 Å². The zero-order valence-electron chi connectivity index (χ0n) is 4.62. The first-order chi connectivity index (χ1) is 4.00. The van der Waals surface area contributed by atoms with Crippen LogP contribution in [-0.2, 0) is 44.8 Å². The van der Waals surface area contributed by atoms with E-state index in [9.17, 15) is 0 Å². The van der Waals surface area contributed by atoms with Gasteiger partial charge in [0.15, 0.2) is 0 Å². The normalized spacial score (nSPS) is 10.0. The second-order valence-corrected chi connectivity index (χ2v) is 2.27. The average Bonchev–Trinajstić information content (AvgIpc) is 1.12. The maximum absolute atomic E-state index is 8.49. The number of hydrogen-bond acceptors (Lipinski definition) is 8. The molecule has 12 heavy (non-hydrogen) atoms. The van der Waals surface area contributed by atoms with Crippen LogP contribution >= 0.6 is 0 Å². The maximum atomic E-state index is 8.49. The minimum absolute atomic E-state index is 0. The van der Waals surface area contributed by atoms with Crippen LogP contribution < -0.4 is 37.3 Å². The van der Waals surface area contributed by atoms with Gasteiger partial charge in [-0.15, -0.1) is 20.5 Å². The van der Waals surface area contributed by atoms with Crippen molar-refractivity contribution in [3.8, 4) is 0 Å². The minimum Gasteiger partial charge on any atom is -0.222 e. The SMILES string of the molecule is [Ag+].[Ag+].[O-][Cl+3]([O-])([O-])[O-].[O-][Cl+3]([O-])([O-])[O-]. The van der Waals surface area contributed by atoms with Gasteiger partial charge in [0, 0.05) is 0 Å². The maximum Gasteiger partial charge on any atom is 1.00 e. The second kappa shape index (κ2) is 9.30. The smallest absolute Gasteiger partial charge is 0.222 e. The molecular weight excluding hydrogens is 415 g/mol. The number of rotatable bonds is 0. The first-order valence-electron chi connectivity index (χ1n) is 1.23. The molecule has 0 saturated heterocycles. The van der Waals surface area contributed by atoms with Gasteiger partial charge in [-0.3, -0.25) is 0 Å². The van der Waals surface area contributed by atoms with Crippen LogP contribution in [-0.4, -0.2) is 0 Å². The summed E-state index contributed by atoms with van der Waals surface area (Å²) in [5, 5.41) is 0. The summed E-state index contributed by atoms with van der Waals surface area (Å²) in [5.74, 6) is 0. The molecule has 0 atom stereocenters. The van der Waals surface area contributed by atoms with E-state index in [1.54, 1.807) is 0 Å². The molecule has 0 spiro atoms. The van der Waals surface area contributed by atoms with Gasteiger partial charge in [0.25, 0.3) is 0 Å². The third-order valence-electron chi connectivity index (χ3n) is 0. The van der Waals surface area contributed by atoms with E-state index in [4.69, 9.17) is 37.3 Å². The van der Waals surface area contributed by atoms with E-state index in [0.717, 1.165) is 0 Å². The molecule has 0 aromatic heterocycles. The summed E-state index contributed by atoms with van der Waals surface area (Å²) in [5.41, 5.74) is 0. The summed E-state index contributed by atoms with van der Waals surface area (Å²) in [4.78, 5) is 0. The van der Waals surface area contributed by atoms with Crippen molar-refractivity contribution in [3.63, 3.8) is 0 Å². The van der Waals surface area contributed by atoms with E-state index in [1.807, 2.05) is 0 Å². The fourth-order valence-electron chi connectivity index (χ4n) is 0. The third-order valence-corrected chi connectivity index (χ3v) is 0. The van der Waals surface area contributed by atoms with Crippen molar-refractivity contribution in [2.24, 2.45) is 0 Å². The fourth-order valence-corrected chi connectivity index (χ4v) is 0. The Labute approximate surface area is 102 Å². The van der Waals surface area contributed by atoms with Crippen LogP contribution in [0.1, 0.15) is 0 Å². The van der Waals surface area contributed by atoms with Gasteiger partial charge in [-0.25, -0.2) is 37.3 Å². The van der Waals surface area contributed by atoms with Crippen LogP contribution in [0.4, 0.5) is 0 Å². The molecule has 0 saturated carbocycles. The zero-order chi connectivity index (χ0) is 9.00. The topological polar surface area (TPSA) is 184 Å². The molecule has 0 bridgehead atoms. The zero-order valence-corrected chi connectivity index (χ0v) is 9.10. The van der Waals surface area contributed by atoms with E-state index in [1.165, 1.54) is 0 Å². The van der Waals surface area contributed by atoms with Crippen molar-refractivity contribution >= 4 is 0 Å². The standard InChI is InChI=1S/2Ag.2ClHO4/c;;2*2-1(3,4)5/h;;2*(H,2,3,4,5)/q2*+1;;/p-2. The summed E-state index contributed by atoms with van der Waals surface area (Å²) in [6, 6.07) is 0. The number of hydrogen-bond donors (Lipinski definition) is 0. The first-order valence-corrected chi connectivity index (χ1v) is 3.70. The van der Waals surface area contributed by atoms with Gasteiger partial charge >= 0.3 is 44.8 Å². The molecule has 0 aromatic carbocycles. The van der Waals surface area contributed by atoms with Crippen LogP contribution in [0.15, 0.2) is 0 Å². The summed E-state index contributed by atoms with van der Waals surface area (Å²) < 4.78 is 67.9. The van der Waals surface area contributed by atoms with Gasteiger partial charge in [0.05, 0.1) is 0 Å². The van der Waals surface area contributed by atoms with E-state index < -0.39 is 20.5 Å². The second-order valence-electron chi connectivity index (χ2n) is 0.756. The molecule has 8 nitrogen and oxygen atoms in total. The predicted molar refractivity (Wildman–Crippen MR) is 0 cm³/mol. The van der Waals surface area contributed by atoms with Crippen molar-refractivity contribution in [1.82, 2.24) is 0 Å². The molecule has 0 heterocycles. The van der Waals surface area contributed by atoms with Crippen molar-refractivity contribution in [2.45, 2.75) is 0 Å². The van der Waals surface area contributed by atoms with Crippen molar-refractivity contribution in [2.75, 3.05) is 0 Å². The Morgan fingerprint density at radius 1 is 0.417 bits per heavy atom. The van der Waals surface area contributed by atoms with Gasteiger partial charge in [-0.2, -0.15) is 0 Å². The van der Waals surface area contributed by atoms with Gasteiger partial charge < -0.3 is 0 Å². The fraction of sp³-hybridized carbons (Fsp3) is 0. The molecule has 0 aliphatic carbocycles. The Kier molecular flexibility index (Phi) is 18.2. The van der Waals surface area contributed by atoms with Crippen molar-refractivity contribution in [3.05, 3.63) is 0 Å². The molecule has 0 fully saturated rings. The first kappa shape index (κ1) is 23.5. The van der Waals surface area contributed by atoms with Crippen LogP contribution in [0.5, 0.6) is 0 Å². The van der Waals surface area contributed by atoms with Crippen LogP contribution in [0, 0.1) is 20.5 Å². The van der Waals surface area contributed by atoms with Crippen LogP contribution in [0.3, 0.4) is 0 Å². The molecular formula is Ag2Cl2O8. The van der Waals surface area contributed by atoms with Gasteiger partial charge in [-0.05, 0) is 0 Å². The van der Waals surface area contributed by atoms with Crippen molar-refractivity contribution in [1.29, 1.82) is 0 Å². The molecule has 0 rings (SSSR count). The Hall–Kier alpha value is 1.74. The van der Waals surface area contributed by atoms with Gasteiger partial charge in [-0.1, -0.05) is 0 Å². The molecule has 84 valence electrons. The Morgan fingerprint density at radius 3 is 0.417 bits per heavy atom. The van der Waals surface area contributed by atoms with E-state index in [-0.39, 0.29) is 44.8 Å². The Bertz CT molecular complexity index is 58.0. The van der Waals surface area contributed by atoms with Crippen molar-refractivity contribution < 1.29 is 103 Å². The molecule has 0 aliphatic rings. The molecule has 12 heteroatoms. The van der Waals surface area contributed by atoms with E-state index in [2.05, 4.69) is 0 Å². The molecule has 0 aliphatic heterocycles. The quantitative estimate of drug-likeness (QED) is 0.349. The summed E-state index contributed by atoms with van der Waals surface area (Å²) in [7, 11) is -9.89. The van der Waals surface area contributed by atoms with E-state index in [0.29, 0.717) is 0 Å². The summed E-state index contributed by atoms with van der Waals surface area (Å²) in [6.07, 6.45) is 0. The molecule has 0 unspecified atom stereocenters. The largest absolute Gasteiger partial charge is 1.00 e. The van der Waals surface area contributed by atoms with Gasteiger partial charge in [0.2, 0.25) is 0 Å². The summed E-state index contributed by atoms with van der Waals surface area (Å²) in [6.45, 7) is 0. The third kappa shape index (κ3) is 447. The monoisotopic (exact) mass is 412 g/mol. The molecule has 0 aromatic rings. The minimum atomic E-state index is -4.94. The molecule has 0 amide bonds. The summed E-state index contributed by atoms with van der Waals surface area (Å²) >= 11 is 0. The number of halogens is 2. The van der Waals surface area contributed by atoms with E-state index >= 15 is 0 Å². The molecule has 0 radical (unpaired) electrons. The predicted octanol–water partition coefficient (Wildman–Crippen LogP) is -9.52. The average molecular weight is 415 g/mol. The van der Waals surface area contributed by atoms with Crippen LogP contribution in [0.2, 0.25) is 0 Å². The Morgan fingerprint density at radius 2 is 0.417 bits per heavy atom.